The number of ether oxygens (including phenoxy) is 1. The predicted molar refractivity (Wildman–Crippen MR) is 84.3 cm³/mol. The third-order valence-electron chi connectivity index (χ3n) is 3.56. The number of para-hydroxylation sites is 3. The molecule has 4 nitrogen and oxygen atoms in total. The minimum absolute atomic E-state index is 0.187. The number of benzene rings is 2. The second kappa shape index (κ2) is 5.97. The van der Waals surface area contributed by atoms with Gasteiger partial charge in [0.25, 0.3) is 0 Å². The summed E-state index contributed by atoms with van der Waals surface area (Å²) in [6, 6.07) is 18.1. The van der Waals surface area contributed by atoms with Crippen molar-refractivity contribution in [2.75, 3.05) is 6.54 Å². The number of rotatable bonds is 5. The lowest BCUT2D eigenvalue weighted by Gasteiger charge is -2.16. The van der Waals surface area contributed by atoms with E-state index in [0.717, 1.165) is 22.6 Å². The fourth-order valence-corrected chi connectivity index (χ4v) is 2.46. The molecule has 0 aliphatic carbocycles. The number of nitrogens with two attached hydrogens (primary N) is 1. The Labute approximate surface area is 124 Å². The molecule has 3 aromatic rings. The fraction of sp³-hybridized carbons (Fsp3) is 0.235. The smallest absolute Gasteiger partial charge is 0.148 e. The van der Waals surface area contributed by atoms with E-state index in [-0.39, 0.29) is 6.04 Å². The van der Waals surface area contributed by atoms with Crippen molar-refractivity contribution < 1.29 is 4.74 Å². The summed E-state index contributed by atoms with van der Waals surface area (Å²) >= 11 is 0. The first-order valence-electron chi connectivity index (χ1n) is 7.13. The van der Waals surface area contributed by atoms with Crippen LogP contribution in [0.2, 0.25) is 0 Å². The van der Waals surface area contributed by atoms with Gasteiger partial charge in [0.2, 0.25) is 0 Å². The van der Waals surface area contributed by atoms with Crippen LogP contribution in [0.15, 0.2) is 54.6 Å². The van der Waals surface area contributed by atoms with Gasteiger partial charge in [-0.3, -0.25) is 0 Å². The second-order valence-electron chi connectivity index (χ2n) is 5.07. The van der Waals surface area contributed by atoms with Crippen molar-refractivity contribution in [3.05, 3.63) is 60.4 Å². The number of nitrogens with zero attached hydrogens (tertiary/aromatic N) is 2. The molecule has 0 aliphatic rings. The van der Waals surface area contributed by atoms with Crippen molar-refractivity contribution in [1.82, 2.24) is 9.55 Å². The van der Waals surface area contributed by atoms with Crippen molar-refractivity contribution in [3.8, 4) is 5.75 Å². The fourth-order valence-electron chi connectivity index (χ4n) is 2.46. The maximum atomic E-state index is 5.84. The van der Waals surface area contributed by atoms with Crippen LogP contribution in [0.5, 0.6) is 5.75 Å². The predicted octanol–water partition coefficient (Wildman–Crippen LogP) is 3.14. The SMILES string of the molecule is CC(CN)n1c(COc2ccccc2)nc2ccccc21. The van der Waals surface area contributed by atoms with Gasteiger partial charge in [-0.2, -0.15) is 0 Å². The van der Waals surface area contributed by atoms with Crippen molar-refractivity contribution in [3.63, 3.8) is 0 Å². The molecule has 0 radical (unpaired) electrons. The van der Waals surface area contributed by atoms with E-state index in [1.807, 2.05) is 48.5 Å². The zero-order valence-corrected chi connectivity index (χ0v) is 12.1. The highest BCUT2D eigenvalue weighted by molar-refractivity contribution is 5.76. The number of imidazole rings is 1. The van der Waals surface area contributed by atoms with Crippen molar-refractivity contribution in [1.29, 1.82) is 0 Å². The van der Waals surface area contributed by atoms with Gasteiger partial charge in [-0.05, 0) is 31.2 Å². The standard InChI is InChI=1S/C17H19N3O/c1-13(11-18)20-16-10-6-5-9-15(16)19-17(20)12-21-14-7-3-2-4-8-14/h2-10,13H,11-12,18H2,1H3. The molecule has 2 N–H and O–H groups in total. The molecule has 108 valence electrons. The normalized spacial score (nSPS) is 12.5. The Morgan fingerprint density at radius 2 is 1.81 bits per heavy atom. The van der Waals surface area contributed by atoms with Crippen LogP contribution in [0, 0.1) is 0 Å². The molecule has 3 rings (SSSR count). The largest absolute Gasteiger partial charge is 0.486 e. The molecule has 0 fully saturated rings. The highest BCUT2D eigenvalue weighted by Crippen LogP contribution is 2.22. The van der Waals surface area contributed by atoms with E-state index >= 15 is 0 Å². The number of hydrogen-bond donors (Lipinski definition) is 1. The molecule has 1 heterocycles. The molecular formula is C17H19N3O. The molecule has 0 saturated carbocycles. The van der Waals surface area contributed by atoms with Gasteiger partial charge >= 0.3 is 0 Å². The first-order valence-corrected chi connectivity index (χ1v) is 7.13. The second-order valence-corrected chi connectivity index (χ2v) is 5.07. The van der Waals surface area contributed by atoms with Crippen molar-refractivity contribution in [2.24, 2.45) is 5.73 Å². The Kier molecular flexibility index (Phi) is 3.88. The van der Waals surface area contributed by atoms with Crippen molar-refractivity contribution in [2.45, 2.75) is 19.6 Å². The van der Waals surface area contributed by atoms with Gasteiger partial charge in [0, 0.05) is 12.6 Å². The maximum absolute atomic E-state index is 5.84. The van der Waals surface area contributed by atoms with Crippen LogP contribution >= 0.6 is 0 Å². The Bertz CT molecular complexity index is 721. The molecular weight excluding hydrogens is 262 g/mol. The first kappa shape index (κ1) is 13.6. The van der Waals surface area contributed by atoms with Gasteiger partial charge in [-0.25, -0.2) is 4.98 Å². The summed E-state index contributed by atoms with van der Waals surface area (Å²) < 4.78 is 8.00. The molecule has 0 bridgehead atoms. The third kappa shape index (κ3) is 2.76. The van der Waals surface area contributed by atoms with Gasteiger partial charge in [0.05, 0.1) is 11.0 Å². The molecule has 4 heteroatoms. The minimum Gasteiger partial charge on any atom is -0.486 e. The van der Waals surface area contributed by atoms with E-state index in [2.05, 4.69) is 22.5 Å². The first-order chi connectivity index (χ1) is 10.3. The quantitative estimate of drug-likeness (QED) is 0.781. The molecule has 0 saturated heterocycles. The summed E-state index contributed by atoms with van der Waals surface area (Å²) in [4.78, 5) is 4.68. The van der Waals surface area contributed by atoms with E-state index in [0.29, 0.717) is 13.2 Å². The lowest BCUT2D eigenvalue weighted by atomic mass is 10.2. The zero-order valence-electron chi connectivity index (χ0n) is 12.1. The summed E-state index contributed by atoms with van der Waals surface area (Å²) in [5.74, 6) is 1.74. The Hall–Kier alpha value is -2.33. The minimum atomic E-state index is 0.187. The van der Waals surface area contributed by atoms with Crippen LogP contribution in [0.25, 0.3) is 11.0 Å². The maximum Gasteiger partial charge on any atom is 0.148 e. The van der Waals surface area contributed by atoms with E-state index in [1.165, 1.54) is 0 Å². The van der Waals surface area contributed by atoms with Crippen LogP contribution < -0.4 is 10.5 Å². The number of hydrogen-bond acceptors (Lipinski definition) is 3. The summed E-state index contributed by atoms with van der Waals surface area (Å²) in [5, 5.41) is 0. The van der Waals surface area contributed by atoms with Crippen LogP contribution in [-0.4, -0.2) is 16.1 Å². The molecule has 0 spiro atoms. The highest BCUT2D eigenvalue weighted by Gasteiger charge is 2.15. The Balaban J connectivity index is 1.93. The molecule has 0 amide bonds. The van der Waals surface area contributed by atoms with Crippen LogP contribution in [-0.2, 0) is 6.61 Å². The average Bonchev–Trinajstić information content (AvgIpc) is 2.91. The van der Waals surface area contributed by atoms with E-state index in [4.69, 9.17) is 10.5 Å². The zero-order chi connectivity index (χ0) is 14.7. The van der Waals surface area contributed by atoms with Gasteiger partial charge in [-0.1, -0.05) is 30.3 Å². The van der Waals surface area contributed by atoms with Crippen molar-refractivity contribution >= 4 is 11.0 Å². The van der Waals surface area contributed by atoms with Crippen LogP contribution in [0.1, 0.15) is 18.8 Å². The summed E-state index contributed by atoms with van der Waals surface area (Å²) in [6.45, 7) is 3.10. The van der Waals surface area contributed by atoms with Crippen LogP contribution in [0.3, 0.4) is 0 Å². The average molecular weight is 281 g/mol. The van der Waals surface area contributed by atoms with Gasteiger partial charge in [0.1, 0.15) is 18.2 Å². The van der Waals surface area contributed by atoms with Gasteiger partial charge in [0.15, 0.2) is 0 Å². The molecule has 1 atom stereocenters. The molecule has 1 unspecified atom stereocenters. The third-order valence-corrected chi connectivity index (χ3v) is 3.56. The Morgan fingerprint density at radius 1 is 1.10 bits per heavy atom. The lowest BCUT2D eigenvalue weighted by molar-refractivity contribution is 0.286. The number of aromatic nitrogens is 2. The Morgan fingerprint density at radius 3 is 2.57 bits per heavy atom. The van der Waals surface area contributed by atoms with Gasteiger partial charge in [-0.15, -0.1) is 0 Å². The highest BCUT2D eigenvalue weighted by atomic mass is 16.5. The topological polar surface area (TPSA) is 53.1 Å². The number of fused-ring (bicyclic) bond motifs is 1. The molecule has 21 heavy (non-hydrogen) atoms. The van der Waals surface area contributed by atoms with E-state index in [9.17, 15) is 0 Å². The van der Waals surface area contributed by atoms with E-state index in [1.54, 1.807) is 0 Å². The summed E-state index contributed by atoms with van der Waals surface area (Å²) in [7, 11) is 0. The van der Waals surface area contributed by atoms with Crippen LogP contribution in [0.4, 0.5) is 0 Å². The van der Waals surface area contributed by atoms with E-state index < -0.39 is 0 Å². The summed E-state index contributed by atoms with van der Waals surface area (Å²) in [6.07, 6.45) is 0. The molecule has 0 aliphatic heterocycles. The lowest BCUT2D eigenvalue weighted by Crippen LogP contribution is -2.19. The van der Waals surface area contributed by atoms with Gasteiger partial charge < -0.3 is 15.0 Å². The molecule has 2 aromatic carbocycles. The molecule has 1 aromatic heterocycles. The summed E-state index contributed by atoms with van der Waals surface area (Å²) in [5.41, 5.74) is 7.92. The monoisotopic (exact) mass is 281 g/mol.